The number of carbonyl (C=O) groups excluding carboxylic acids is 1. The molecule has 0 aromatic heterocycles. The normalized spacial score (nSPS) is 44.4. The topological polar surface area (TPSA) is 194 Å². The van der Waals surface area contributed by atoms with Gasteiger partial charge in [0.25, 0.3) is 0 Å². The summed E-state index contributed by atoms with van der Waals surface area (Å²) in [6.07, 6.45) is -2.21. The number of hydrogen-bond donors (Lipinski definition) is 6. The average molecular weight is 769 g/mol. The van der Waals surface area contributed by atoms with Gasteiger partial charge in [0.15, 0.2) is 12.1 Å². The predicted octanol–water partition coefficient (Wildman–Crippen LogP) is 3.54. The van der Waals surface area contributed by atoms with Crippen molar-refractivity contribution in [2.24, 2.45) is 35.5 Å². The van der Waals surface area contributed by atoms with Crippen LogP contribution in [0.3, 0.4) is 0 Å². The molecule has 0 unspecified atom stereocenters. The highest BCUT2D eigenvalue weighted by atomic mass is 16.7. The molecule has 2 fully saturated rings. The Morgan fingerprint density at radius 2 is 1.57 bits per heavy atom. The lowest BCUT2D eigenvalue weighted by Gasteiger charge is -2.51. The Bertz CT molecular complexity index is 1340. The molecule has 0 spiro atoms. The van der Waals surface area contributed by atoms with Gasteiger partial charge >= 0.3 is 5.97 Å². The van der Waals surface area contributed by atoms with Gasteiger partial charge in [0.1, 0.15) is 30.5 Å². The molecular weight excluding hydrogens is 700 g/mol. The molecule has 0 saturated carbocycles. The standard InChI is InChI=1S/C41H68O13/c1-20(2)37-25(7)31(52-40-36(46)35(45)34(44)28(10)51-40)19-41(48,54-37)27(9)33(43)26(8)38-29(49-11)15-13-14-21(3)16-23(5)32(42)24(6)17-22(4)18-30(50-12)39(47)53-38/h13-15,17-18,20,23-29,31-38,40,42-46,48H,16,19H2,1-12H3/b15-13+,21-14+,22-17+,30-18-/t23-,24-,25-,26-,27+,28+,29-,31-,32-,33+,34+,35-,36-,37-,38+,40+,41+/m1/s1. The molecule has 0 aromatic carbocycles. The molecule has 17 atom stereocenters. The van der Waals surface area contributed by atoms with E-state index in [-0.39, 0.29) is 35.9 Å². The Kier molecular flexibility index (Phi) is 16.9. The summed E-state index contributed by atoms with van der Waals surface area (Å²) in [6.45, 7) is 18.4. The molecule has 2 saturated heterocycles. The molecule has 54 heavy (non-hydrogen) atoms. The summed E-state index contributed by atoms with van der Waals surface area (Å²) < 4.78 is 35.8. The second kappa shape index (κ2) is 19.8. The van der Waals surface area contributed by atoms with E-state index in [0.29, 0.717) is 12.0 Å². The van der Waals surface area contributed by atoms with Crippen LogP contribution in [0.2, 0.25) is 0 Å². The summed E-state index contributed by atoms with van der Waals surface area (Å²) in [5.41, 5.74) is 1.72. The van der Waals surface area contributed by atoms with Gasteiger partial charge in [-0.2, -0.15) is 0 Å². The molecule has 6 N–H and O–H groups in total. The first-order valence-corrected chi connectivity index (χ1v) is 19.3. The zero-order valence-electron chi connectivity index (χ0n) is 34.2. The number of allylic oxidation sites excluding steroid dienone is 5. The predicted molar refractivity (Wildman–Crippen MR) is 201 cm³/mol. The second-order valence-electron chi connectivity index (χ2n) is 16.4. The van der Waals surface area contributed by atoms with Gasteiger partial charge in [-0.25, -0.2) is 4.79 Å². The SMILES string of the molecule is CO/C1=C\C(C)=C\[C@@H](C)[C@H](O)[C@H](C)C/C(C)=C/C=C/[C@@H](OC)[C@H]([C@H](C)[C@H](O)[C@H](C)[C@]2(O)C[C@@H](O[C@@H]3O[C@@H](C)[C@H](O)[C@@H](O)[C@H]3O)[C@@H](C)[C@@H](C(C)C)O2)OC1=O. The zero-order chi connectivity index (χ0) is 40.8. The molecule has 3 aliphatic heterocycles. The van der Waals surface area contributed by atoms with Crippen molar-refractivity contribution in [2.45, 2.75) is 155 Å². The average Bonchev–Trinajstić information content (AvgIpc) is 3.12. The van der Waals surface area contributed by atoms with E-state index >= 15 is 0 Å². The van der Waals surface area contributed by atoms with Crippen molar-refractivity contribution >= 4 is 5.97 Å². The lowest BCUT2D eigenvalue weighted by atomic mass is 9.76. The fourth-order valence-electron chi connectivity index (χ4n) is 7.99. The number of aliphatic hydroxyl groups is 6. The zero-order valence-corrected chi connectivity index (χ0v) is 34.2. The van der Waals surface area contributed by atoms with Crippen molar-refractivity contribution in [2.75, 3.05) is 14.2 Å². The summed E-state index contributed by atoms with van der Waals surface area (Å²) in [5, 5.41) is 66.7. The monoisotopic (exact) mass is 768 g/mol. The van der Waals surface area contributed by atoms with E-state index in [9.17, 15) is 35.4 Å². The number of cyclic esters (lactones) is 1. The van der Waals surface area contributed by atoms with Gasteiger partial charge < -0.3 is 59.1 Å². The smallest absolute Gasteiger partial charge is 0.373 e. The van der Waals surface area contributed by atoms with Gasteiger partial charge in [-0.3, -0.25) is 0 Å². The van der Waals surface area contributed by atoms with Crippen molar-refractivity contribution in [3.05, 3.63) is 47.3 Å². The number of hydrogen-bond acceptors (Lipinski definition) is 13. The van der Waals surface area contributed by atoms with Crippen LogP contribution in [-0.2, 0) is 33.2 Å². The van der Waals surface area contributed by atoms with Gasteiger partial charge in [-0.1, -0.05) is 83.9 Å². The number of ether oxygens (including phenoxy) is 6. The van der Waals surface area contributed by atoms with Gasteiger partial charge in [0.05, 0.1) is 37.6 Å². The molecule has 0 aromatic rings. The Balaban J connectivity index is 1.99. The summed E-state index contributed by atoms with van der Waals surface area (Å²) in [4.78, 5) is 13.7. The Hall–Kier alpha value is -2.17. The molecule has 13 heteroatoms. The van der Waals surface area contributed by atoms with Crippen LogP contribution in [0, 0.1) is 35.5 Å². The van der Waals surface area contributed by atoms with Gasteiger partial charge in [0.2, 0.25) is 5.76 Å². The number of methoxy groups -OCH3 is 2. The first-order chi connectivity index (χ1) is 25.2. The molecule has 0 radical (unpaired) electrons. The van der Waals surface area contributed by atoms with Crippen molar-refractivity contribution in [1.82, 2.24) is 0 Å². The molecule has 3 rings (SSSR count). The Labute approximate surface area is 321 Å². The summed E-state index contributed by atoms with van der Waals surface area (Å²) in [7, 11) is 2.83. The second-order valence-corrected chi connectivity index (χ2v) is 16.4. The van der Waals surface area contributed by atoms with Crippen LogP contribution in [0.4, 0.5) is 0 Å². The molecule has 3 heterocycles. The third-order valence-electron chi connectivity index (χ3n) is 11.6. The van der Waals surface area contributed by atoms with Crippen LogP contribution in [0.15, 0.2) is 47.3 Å². The van der Waals surface area contributed by atoms with Crippen molar-refractivity contribution in [1.29, 1.82) is 0 Å². The van der Waals surface area contributed by atoms with Crippen LogP contribution >= 0.6 is 0 Å². The van der Waals surface area contributed by atoms with Gasteiger partial charge in [0, 0.05) is 37.2 Å². The van der Waals surface area contributed by atoms with E-state index in [1.54, 1.807) is 45.9 Å². The van der Waals surface area contributed by atoms with Crippen molar-refractivity contribution in [3.8, 4) is 0 Å². The molecule has 0 bridgehead atoms. The fourth-order valence-corrected chi connectivity index (χ4v) is 7.99. The summed E-state index contributed by atoms with van der Waals surface area (Å²) >= 11 is 0. The largest absolute Gasteiger partial charge is 0.490 e. The van der Waals surface area contributed by atoms with Crippen LogP contribution in [0.25, 0.3) is 0 Å². The van der Waals surface area contributed by atoms with Crippen LogP contribution in [-0.4, -0.2) is 124 Å². The third kappa shape index (κ3) is 11.0. The molecule has 13 nitrogen and oxygen atoms in total. The van der Waals surface area contributed by atoms with Gasteiger partial charge in [-0.15, -0.1) is 0 Å². The third-order valence-corrected chi connectivity index (χ3v) is 11.6. The molecule has 0 aliphatic carbocycles. The van der Waals surface area contributed by atoms with Crippen LogP contribution < -0.4 is 0 Å². The number of carbonyl (C=O) groups is 1. The molecular formula is C41H68O13. The molecule has 310 valence electrons. The van der Waals surface area contributed by atoms with E-state index in [1.165, 1.54) is 14.2 Å². The highest BCUT2D eigenvalue weighted by molar-refractivity contribution is 5.87. The fraction of sp³-hybridized carbons (Fsp3) is 0.780. The summed E-state index contributed by atoms with van der Waals surface area (Å²) in [5.74, 6) is -5.29. The minimum absolute atomic E-state index is 0.0422. The lowest BCUT2D eigenvalue weighted by Crippen LogP contribution is -2.62. The number of aliphatic hydroxyl groups excluding tert-OH is 5. The maximum atomic E-state index is 13.7. The van der Waals surface area contributed by atoms with E-state index in [0.717, 1.165) is 5.57 Å². The quantitative estimate of drug-likeness (QED) is 0.187. The van der Waals surface area contributed by atoms with Crippen molar-refractivity contribution < 1.29 is 63.9 Å². The maximum Gasteiger partial charge on any atom is 0.373 e. The Morgan fingerprint density at radius 3 is 2.17 bits per heavy atom. The highest BCUT2D eigenvalue weighted by Gasteiger charge is 2.54. The minimum Gasteiger partial charge on any atom is -0.490 e. The number of rotatable bonds is 9. The first kappa shape index (κ1) is 46.2. The van der Waals surface area contributed by atoms with E-state index in [2.05, 4.69) is 0 Å². The minimum atomic E-state index is -1.96. The maximum absolute atomic E-state index is 13.7. The molecule has 3 aliphatic rings. The van der Waals surface area contributed by atoms with E-state index in [4.69, 9.17) is 28.4 Å². The molecule has 0 amide bonds. The summed E-state index contributed by atoms with van der Waals surface area (Å²) in [6, 6.07) is 0. The van der Waals surface area contributed by atoms with Gasteiger partial charge in [-0.05, 0) is 45.1 Å². The van der Waals surface area contributed by atoms with E-state index < -0.39 is 90.9 Å². The Morgan fingerprint density at radius 1 is 0.926 bits per heavy atom. The van der Waals surface area contributed by atoms with Crippen molar-refractivity contribution in [3.63, 3.8) is 0 Å². The first-order valence-electron chi connectivity index (χ1n) is 19.3. The van der Waals surface area contributed by atoms with Crippen LogP contribution in [0.1, 0.15) is 82.1 Å². The van der Waals surface area contributed by atoms with E-state index in [1.807, 2.05) is 53.7 Å². The number of esters is 1. The van der Waals surface area contributed by atoms with Crippen LogP contribution in [0.5, 0.6) is 0 Å². The highest BCUT2D eigenvalue weighted by Crippen LogP contribution is 2.43. The lowest BCUT2D eigenvalue weighted by molar-refractivity contribution is -0.361.